The molecule has 0 amide bonds. The molecule has 2 rings (SSSR count). The number of hydrogen-bond donors (Lipinski definition) is 1. The highest BCUT2D eigenvalue weighted by atomic mass is 32.1. The van der Waals surface area contributed by atoms with E-state index in [1.165, 1.54) is 0 Å². The molecule has 2 heterocycles. The van der Waals surface area contributed by atoms with Gasteiger partial charge >= 0.3 is 0 Å². The molecule has 92 valence electrons. The standard InChI is InChI=1S/C12H18N4S/c1-4-16-11(5-8(2)15-16)10(13)6-12-14-9(3)7-17-12/h5,7,10H,4,6,13H2,1-3H3. The summed E-state index contributed by atoms with van der Waals surface area (Å²) in [5.41, 5.74) is 9.42. The number of aromatic nitrogens is 3. The van der Waals surface area contributed by atoms with E-state index in [0.29, 0.717) is 0 Å². The first kappa shape index (κ1) is 12.3. The van der Waals surface area contributed by atoms with Crippen LogP contribution in [0.4, 0.5) is 0 Å². The molecule has 1 unspecified atom stereocenters. The number of nitrogens with two attached hydrogens (primary N) is 1. The van der Waals surface area contributed by atoms with E-state index in [9.17, 15) is 0 Å². The van der Waals surface area contributed by atoms with Gasteiger partial charge in [-0.1, -0.05) is 0 Å². The first-order valence-corrected chi connectivity index (χ1v) is 6.69. The van der Waals surface area contributed by atoms with Crippen molar-refractivity contribution in [3.63, 3.8) is 0 Å². The Bertz CT molecular complexity index is 500. The van der Waals surface area contributed by atoms with Crippen LogP contribution in [0, 0.1) is 13.8 Å². The van der Waals surface area contributed by atoms with E-state index >= 15 is 0 Å². The molecule has 0 aliphatic rings. The van der Waals surface area contributed by atoms with Crippen molar-refractivity contribution in [2.75, 3.05) is 0 Å². The summed E-state index contributed by atoms with van der Waals surface area (Å²) in [4.78, 5) is 4.45. The molecule has 0 spiro atoms. The summed E-state index contributed by atoms with van der Waals surface area (Å²) in [7, 11) is 0. The summed E-state index contributed by atoms with van der Waals surface area (Å²) in [6.07, 6.45) is 0.781. The maximum atomic E-state index is 6.23. The molecular formula is C12H18N4S. The van der Waals surface area contributed by atoms with Gasteiger partial charge in [0.15, 0.2) is 0 Å². The Hall–Kier alpha value is -1.20. The van der Waals surface area contributed by atoms with E-state index in [2.05, 4.69) is 28.5 Å². The highest BCUT2D eigenvalue weighted by molar-refractivity contribution is 7.09. The molecule has 0 fully saturated rings. The van der Waals surface area contributed by atoms with Gasteiger partial charge in [0.1, 0.15) is 0 Å². The van der Waals surface area contributed by atoms with Gasteiger partial charge in [0, 0.05) is 24.0 Å². The minimum absolute atomic E-state index is 0.0262. The Kier molecular flexibility index (Phi) is 3.59. The monoisotopic (exact) mass is 250 g/mol. The van der Waals surface area contributed by atoms with Gasteiger partial charge < -0.3 is 5.73 Å². The van der Waals surface area contributed by atoms with Gasteiger partial charge in [-0.15, -0.1) is 11.3 Å². The third-order valence-corrected chi connectivity index (χ3v) is 3.66. The van der Waals surface area contributed by atoms with Crippen molar-refractivity contribution in [3.8, 4) is 0 Å². The number of hydrogen-bond acceptors (Lipinski definition) is 4. The Morgan fingerprint density at radius 2 is 2.18 bits per heavy atom. The zero-order valence-corrected chi connectivity index (χ0v) is 11.3. The van der Waals surface area contributed by atoms with E-state index < -0.39 is 0 Å². The van der Waals surface area contributed by atoms with Crippen LogP contribution in [0.2, 0.25) is 0 Å². The molecular weight excluding hydrogens is 232 g/mol. The average Bonchev–Trinajstić information content (AvgIpc) is 2.84. The van der Waals surface area contributed by atoms with E-state index in [4.69, 9.17) is 5.73 Å². The van der Waals surface area contributed by atoms with Gasteiger partial charge in [-0.05, 0) is 26.8 Å². The van der Waals surface area contributed by atoms with Crippen molar-refractivity contribution in [1.82, 2.24) is 14.8 Å². The van der Waals surface area contributed by atoms with Crippen LogP contribution >= 0.6 is 11.3 Å². The highest BCUT2D eigenvalue weighted by Gasteiger charge is 2.14. The molecule has 5 heteroatoms. The third kappa shape index (κ3) is 2.73. The van der Waals surface area contributed by atoms with Gasteiger partial charge in [-0.25, -0.2) is 4.98 Å². The smallest absolute Gasteiger partial charge is 0.0947 e. The molecule has 0 saturated heterocycles. The topological polar surface area (TPSA) is 56.7 Å². The number of aryl methyl sites for hydroxylation is 3. The van der Waals surface area contributed by atoms with Crippen LogP contribution in [-0.4, -0.2) is 14.8 Å². The van der Waals surface area contributed by atoms with Crippen molar-refractivity contribution in [2.45, 2.75) is 39.8 Å². The Labute approximate surface area is 105 Å². The summed E-state index contributed by atoms with van der Waals surface area (Å²) in [6.45, 7) is 6.94. The predicted octanol–water partition coefficient (Wildman–Crippen LogP) is 2.22. The van der Waals surface area contributed by atoms with Gasteiger partial charge in [0.05, 0.1) is 22.4 Å². The zero-order chi connectivity index (χ0) is 12.4. The summed E-state index contributed by atoms with van der Waals surface area (Å²) < 4.78 is 1.97. The molecule has 0 aliphatic heterocycles. The summed E-state index contributed by atoms with van der Waals surface area (Å²) in [6, 6.07) is 2.04. The minimum atomic E-state index is -0.0262. The van der Waals surface area contributed by atoms with Gasteiger partial charge in [-0.2, -0.15) is 5.10 Å². The van der Waals surface area contributed by atoms with Crippen LogP contribution in [0.1, 0.15) is 35.1 Å². The van der Waals surface area contributed by atoms with Crippen LogP contribution in [0.25, 0.3) is 0 Å². The SMILES string of the molecule is CCn1nc(C)cc1C(N)Cc1nc(C)cs1. The lowest BCUT2D eigenvalue weighted by molar-refractivity contribution is 0.565. The lowest BCUT2D eigenvalue weighted by Crippen LogP contribution is -2.18. The molecule has 4 nitrogen and oxygen atoms in total. The Morgan fingerprint density at radius 1 is 1.41 bits per heavy atom. The van der Waals surface area contributed by atoms with Gasteiger partial charge in [0.25, 0.3) is 0 Å². The van der Waals surface area contributed by atoms with Crippen LogP contribution < -0.4 is 5.73 Å². The summed E-state index contributed by atoms with van der Waals surface area (Å²) in [5, 5.41) is 7.57. The van der Waals surface area contributed by atoms with Crippen molar-refractivity contribution >= 4 is 11.3 Å². The van der Waals surface area contributed by atoms with Crippen LogP contribution in [0.5, 0.6) is 0 Å². The summed E-state index contributed by atoms with van der Waals surface area (Å²) in [5.74, 6) is 0. The molecule has 1 atom stereocenters. The van der Waals surface area contributed by atoms with E-state index in [1.54, 1.807) is 11.3 Å². The summed E-state index contributed by atoms with van der Waals surface area (Å²) >= 11 is 1.67. The van der Waals surface area contributed by atoms with Crippen molar-refractivity contribution in [1.29, 1.82) is 0 Å². The fourth-order valence-electron chi connectivity index (χ4n) is 1.91. The van der Waals surface area contributed by atoms with E-state index in [1.807, 2.05) is 18.5 Å². The quantitative estimate of drug-likeness (QED) is 0.905. The first-order chi connectivity index (χ1) is 8.10. The van der Waals surface area contributed by atoms with Crippen molar-refractivity contribution < 1.29 is 0 Å². The Morgan fingerprint density at radius 3 is 2.76 bits per heavy atom. The van der Waals surface area contributed by atoms with E-state index in [-0.39, 0.29) is 6.04 Å². The van der Waals surface area contributed by atoms with Crippen molar-refractivity contribution in [3.05, 3.63) is 33.5 Å². The lowest BCUT2D eigenvalue weighted by Gasteiger charge is -2.11. The molecule has 2 N–H and O–H groups in total. The molecule has 0 aliphatic carbocycles. The number of rotatable bonds is 4. The highest BCUT2D eigenvalue weighted by Crippen LogP contribution is 2.19. The van der Waals surface area contributed by atoms with Crippen LogP contribution in [-0.2, 0) is 13.0 Å². The fraction of sp³-hybridized carbons (Fsp3) is 0.500. The second-order valence-electron chi connectivity index (χ2n) is 4.22. The van der Waals surface area contributed by atoms with E-state index in [0.717, 1.165) is 35.1 Å². The molecule has 0 saturated carbocycles. The second kappa shape index (κ2) is 4.98. The second-order valence-corrected chi connectivity index (χ2v) is 5.16. The molecule has 0 aromatic carbocycles. The zero-order valence-electron chi connectivity index (χ0n) is 10.5. The fourth-order valence-corrected chi connectivity index (χ4v) is 2.74. The lowest BCUT2D eigenvalue weighted by atomic mass is 10.1. The largest absolute Gasteiger partial charge is 0.322 e. The molecule has 0 bridgehead atoms. The Balaban J connectivity index is 2.16. The third-order valence-electron chi connectivity index (χ3n) is 2.67. The van der Waals surface area contributed by atoms with Crippen LogP contribution in [0.3, 0.4) is 0 Å². The van der Waals surface area contributed by atoms with Crippen molar-refractivity contribution in [2.24, 2.45) is 5.73 Å². The molecule has 0 radical (unpaired) electrons. The normalized spacial score (nSPS) is 12.9. The minimum Gasteiger partial charge on any atom is -0.322 e. The van der Waals surface area contributed by atoms with Gasteiger partial charge in [0.2, 0.25) is 0 Å². The predicted molar refractivity (Wildman–Crippen MR) is 70.1 cm³/mol. The maximum Gasteiger partial charge on any atom is 0.0947 e. The first-order valence-electron chi connectivity index (χ1n) is 5.81. The van der Waals surface area contributed by atoms with Crippen LogP contribution in [0.15, 0.2) is 11.4 Å². The average molecular weight is 250 g/mol. The maximum absolute atomic E-state index is 6.23. The molecule has 17 heavy (non-hydrogen) atoms. The number of nitrogens with zero attached hydrogens (tertiary/aromatic N) is 3. The molecule has 2 aromatic rings. The number of thiazole rings is 1. The van der Waals surface area contributed by atoms with Gasteiger partial charge in [-0.3, -0.25) is 4.68 Å². The molecule has 2 aromatic heterocycles.